The second-order valence-corrected chi connectivity index (χ2v) is 7.45. The van der Waals surface area contributed by atoms with Crippen molar-refractivity contribution in [3.05, 3.63) is 21.9 Å². The van der Waals surface area contributed by atoms with Crippen molar-refractivity contribution >= 4 is 11.3 Å². The third kappa shape index (κ3) is 2.33. The van der Waals surface area contributed by atoms with E-state index in [9.17, 15) is 5.11 Å². The number of rotatable bonds is 1. The van der Waals surface area contributed by atoms with E-state index in [0.717, 1.165) is 18.4 Å². The maximum Gasteiger partial charge on any atom is 0.0912 e. The lowest BCUT2D eigenvalue weighted by Gasteiger charge is -2.44. The maximum absolute atomic E-state index is 10.9. The second-order valence-electron chi connectivity index (χ2n) is 6.33. The number of thiophene rings is 1. The Bertz CT molecular complexity index is 380. The molecule has 1 fully saturated rings. The first-order valence-corrected chi connectivity index (χ1v) is 6.97. The summed E-state index contributed by atoms with van der Waals surface area (Å²) < 4.78 is 0. The molecule has 0 spiro atoms. The van der Waals surface area contributed by atoms with E-state index >= 15 is 0 Å². The van der Waals surface area contributed by atoms with Crippen LogP contribution < -0.4 is 0 Å². The van der Waals surface area contributed by atoms with Crippen LogP contribution in [0.5, 0.6) is 0 Å². The summed E-state index contributed by atoms with van der Waals surface area (Å²) in [5.41, 5.74) is 0.795. The van der Waals surface area contributed by atoms with Crippen LogP contribution in [0.2, 0.25) is 0 Å². The normalized spacial score (nSPS) is 33.9. The first-order valence-electron chi connectivity index (χ1n) is 6.09. The SMILES string of the molecule is Cc1cc(C2(O)CC(C)CC(C)(C)C2)cs1. The molecule has 1 aromatic rings. The molecule has 0 radical (unpaired) electrons. The molecule has 0 amide bonds. The number of aryl methyl sites for hydroxylation is 1. The van der Waals surface area contributed by atoms with Gasteiger partial charge in [-0.15, -0.1) is 11.3 Å². The zero-order valence-electron chi connectivity index (χ0n) is 10.7. The molecule has 1 nitrogen and oxygen atoms in total. The van der Waals surface area contributed by atoms with Gasteiger partial charge in [0, 0.05) is 4.88 Å². The zero-order chi connectivity index (χ0) is 12.0. The Hall–Kier alpha value is -0.340. The van der Waals surface area contributed by atoms with Gasteiger partial charge in [-0.25, -0.2) is 0 Å². The van der Waals surface area contributed by atoms with Gasteiger partial charge in [-0.3, -0.25) is 0 Å². The van der Waals surface area contributed by atoms with Gasteiger partial charge in [-0.2, -0.15) is 0 Å². The smallest absolute Gasteiger partial charge is 0.0912 e. The molecule has 2 rings (SSSR count). The molecule has 1 aliphatic rings. The van der Waals surface area contributed by atoms with Crippen LogP contribution in [0, 0.1) is 18.3 Å². The topological polar surface area (TPSA) is 20.2 Å². The fraction of sp³-hybridized carbons (Fsp3) is 0.714. The third-order valence-electron chi connectivity index (χ3n) is 3.63. The summed E-state index contributed by atoms with van der Waals surface area (Å²) in [6.07, 6.45) is 3.02. The predicted octanol–water partition coefficient (Wildman–Crippen LogP) is 4.09. The van der Waals surface area contributed by atoms with Crippen molar-refractivity contribution in [2.45, 2.75) is 52.6 Å². The third-order valence-corrected chi connectivity index (χ3v) is 4.49. The van der Waals surface area contributed by atoms with Gasteiger partial charge in [-0.1, -0.05) is 20.8 Å². The molecular weight excluding hydrogens is 216 g/mol. The van der Waals surface area contributed by atoms with Crippen LogP contribution in [0.1, 0.15) is 50.5 Å². The second kappa shape index (κ2) is 3.85. The van der Waals surface area contributed by atoms with Crippen LogP contribution in [0.25, 0.3) is 0 Å². The minimum atomic E-state index is -0.591. The van der Waals surface area contributed by atoms with Crippen molar-refractivity contribution in [3.63, 3.8) is 0 Å². The summed E-state index contributed by atoms with van der Waals surface area (Å²) in [4.78, 5) is 1.29. The lowest BCUT2D eigenvalue weighted by atomic mass is 9.64. The Morgan fingerprint density at radius 1 is 1.38 bits per heavy atom. The van der Waals surface area contributed by atoms with Crippen molar-refractivity contribution < 1.29 is 5.11 Å². The molecule has 2 heteroatoms. The van der Waals surface area contributed by atoms with Gasteiger partial charge in [-0.05, 0) is 54.5 Å². The van der Waals surface area contributed by atoms with E-state index < -0.39 is 5.60 Å². The molecule has 1 heterocycles. The summed E-state index contributed by atoms with van der Waals surface area (Å²) in [5, 5.41) is 13.0. The van der Waals surface area contributed by atoms with Gasteiger partial charge >= 0.3 is 0 Å². The van der Waals surface area contributed by atoms with Crippen molar-refractivity contribution in [1.29, 1.82) is 0 Å². The van der Waals surface area contributed by atoms with E-state index in [1.165, 1.54) is 11.3 Å². The van der Waals surface area contributed by atoms with Crippen LogP contribution in [0.15, 0.2) is 11.4 Å². The fourth-order valence-electron chi connectivity index (χ4n) is 3.44. The maximum atomic E-state index is 10.9. The molecule has 1 saturated carbocycles. The highest BCUT2D eigenvalue weighted by molar-refractivity contribution is 7.10. The first-order chi connectivity index (χ1) is 7.31. The van der Waals surface area contributed by atoms with E-state index in [2.05, 4.69) is 39.1 Å². The van der Waals surface area contributed by atoms with Gasteiger partial charge in [0.1, 0.15) is 0 Å². The quantitative estimate of drug-likeness (QED) is 0.781. The van der Waals surface area contributed by atoms with Gasteiger partial charge in [0.2, 0.25) is 0 Å². The van der Waals surface area contributed by atoms with E-state index in [4.69, 9.17) is 0 Å². The van der Waals surface area contributed by atoms with Gasteiger partial charge < -0.3 is 5.11 Å². The molecule has 1 aromatic heterocycles. The van der Waals surface area contributed by atoms with Gasteiger partial charge in [0.15, 0.2) is 0 Å². The molecule has 2 atom stereocenters. The summed E-state index contributed by atoms with van der Waals surface area (Å²) in [5.74, 6) is 0.606. The summed E-state index contributed by atoms with van der Waals surface area (Å²) in [6, 6.07) is 2.15. The van der Waals surface area contributed by atoms with Crippen molar-refractivity contribution in [2.75, 3.05) is 0 Å². The number of aliphatic hydroxyl groups is 1. The molecule has 0 bridgehead atoms. The standard InChI is InChI=1S/C14H22OS/c1-10-6-13(3,4)9-14(15,7-10)12-5-11(2)16-8-12/h5,8,10,15H,6-7,9H2,1-4H3. The van der Waals surface area contributed by atoms with Crippen LogP contribution in [-0.2, 0) is 5.60 Å². The lowest BCUT2D eigenvalue weighted by Crippen LogP contribution is -2.39. The average molecular weight is 238 g/mol. The lowest BCUT2D eigenvalue weighted by molar-refractivity contribution is -0.0632. The monoisotopic (exact) mass is 238 g/mol. The highest BCUT2D eigenvalue weighted by atomic mass is 32.1. The minimum absolute atomic E-state index is 0.252. The van der Waals surface area contributed by atoms with E-state index in [0.29, 0.717) is 5.92 Å². The van der Waals surface area contributed by atoms with Crippen LogP contribution in [-0.4, -0.2) is 5.11 Å². The average Bonchev–Trinajstić information content (AvgIpc) is 2.47. The highest BCUT2D eigenvalue weighted by Crippen LogP contribution is 2.49. The molecule has 0 aromatic carbocycles. The number of hydrogen-bond donors (Lipinski definition) is 1. The van der Waals surface area contributed by atoms with Crippen LogP contribution in [0.3, 0.4) is 0 Å². The predicted molar refractivity (Wildman–Crippen MR) is 69.7 cm³/mol. The Morgan fingerprint density at radius 3 is 2.56 bits per heavy atom. The largest absolute Gasteiger partial charge is 0.385 e. The molecule has 1 N–H and O–H groups in total. The molecule has 16 heavy (non-hydrogen) atoms. The summed E-state index contributed by atoms with van der Waals surface area (Å²) >= 11 is 1.74. The molecular formula is C14H22OS. The molecule has 90 valence electrons. The van der Waals surface area contributed by atoms with E-state index in [1.807, 2.05) is 0 Å². The molecule has 1 aliphatic carbocycles. The first kappa shape index (κ1) is 12.1. The van der Waals surface area contributed by atoms with Crippen LogP contribution in [0.4, 0.5) is 0 Å². The van der Waals surface area contributed by atoms with Crippen molar-refractivity contribution in [2.24, 2.45) is 11.3 Å². The number of hydrogen-bond acceptors (Lipinski definition) is 2. The van der Waals surface area contributed by atoms with Gasteiger partial charge in [0.05, 0.1) is 5.60 Å². The highest BCUT2D eigenvalue weighted by Gasteiger charge is 2.42. The van der Waals surface area contributed by atoms with Crippen molar-refractivity contribution in [3.8, 4) is 0 Å². The molecule has 2 unspecified atom stereocenters. The van der Waals surface area contributed by atoms with Crippen LogP contribution >= 0.6 is 11.3 Å². The zero-order valence-corrected chi connectivity index (χ0v) is 11.5. The van der Waals surface area contributed by atoms with E-state index in [-0.39, 0.29) is 5.41 Å². The Kier molecular flexibility index (Phi) is 2.92. The Morgan fingerprint density at radius 2 is 2.06 bits per heavy atom. The Labute approximate surface area is 103 Å². The summed E-state index contributed by atoms with van der Waals surface area (Å²) in [7, 11) is 0. The Balaban J connectivity index is 2.30. The summed E-state index contributed by atoms with van der Waals surface area (Å²) in [6.45, 7) is 8.90. The minimum Gasteiger partial charge on any atom is -0.385 e. The van der Waals surface area contributed by atoms with Gasteiger partial charge in [0.25, 0.3) is 0 Å². The molecule has 0 aliphatic heterocycles. The van der Waals surface area contributed by atoms with E-state index in [1.54, 1.807) is 11.3 Å². The van der Waals surface area contributed by atoms with Crippen molar-refractivity contribution in [1.82, 2.24) is 0 Å². The fourth-order valence-corrected chi connectivity index (χ4v) is 4.23. The molecule has 0 saturated heterocycles.